The van der Waals surface area contributed by atoms with Crippen LogP contribution >= 0.6 is 0 Å². The Morgan fingerprint density at radius 3 is 2.83 bits per heavy atom. The number of amides is 1. The van der Waals surface area contributed by atoms with Gasteiger partial charge in [-0.2, -0.15) is 5.26 Å². The minimum atomic E-state index is -0.689. The molecule has 1 amide bonds. The van der Waals surface area contributed by atoms with Crippen LogP contribution in [0.3, 0.4) is 0 Å². The van der Waals surface area contributed by atoms with Gasteiger partial charge in [-0.3, -0.25) is 4.79 Å². The smallest absolute Gasteiger partial charge is 0.241 e. The largest absolute Gasteiger partial charge is 0.396 e. The Labute approximate surface area is 139 Å². The SMILES string of the molecule is C=C1CC(C)CC(CCO)(C(N)C(=O)N2C(C)CCC2C#N)C1. The molecule has 1 saturated heterocycles. The number of nitriles is 1. The number of likely N-dealkylation sites (tertiary alicyclic amines) is 1. The van der Waals surface area contributed by atoms with Gasteiger partial charge in [-0.25, -0.2) is 0 Å². The topological polar surface area (TPSA) is 90.3 Å². The summed E-state index contributed by atoms with van der Waals surface area (Å²) in [5, 5.41) is 18.8. The molecule has 0 aromatic heterocycles. The van der Waals surface area contributed by atoms with Gasteiger partial charge in [0.05, 0.1) is 12.1 Å². The third-order valence-corrected chi connectivity index (χ3v) is 5.60. The first kappa shape index (κ1) is 18.0. The molecule has 1 saturated carbocycles. The fourth-order valence-corrected chi connectivity index (χ4v) is 4.61. The van der Waals surface area contributed by atoms with Crippen molar-refractivity contribution in [3.8, 4) is 6.07 Å². The molecule has 5 atom stereocenters. The van der Waals surface area contributed by atoms with Gasteiger partial charge in [0.15, 0.2) is 0 Å². The molecule has 0 bridgehead atoms. The van der Waals surface area contributed by atoms with Gasteiger partial charge >= 0.3 is 0 Å². The van der Waals surface area contributed by atoms with E-state index in [-0.39, 0.29) is 24.6 Å². The molecule has 0 radical (unpaired) electrons. The Morgan fingerprint density at radius 2 is 2.26 bits per heavy atom. The Kier molecular flexibility index (Phi) is 5.49. The summed E-state index contributed by atoms with van der Waals surface area (Å²) in [6.45, 7) is 8.24. The second kappa shape index (κ2) is 7.02. The minimum absolute atomic E-state index is 0.0121. The van der Waals surface area contributed by atoms with Crippen molar-refractivity contribution < 1.29 is 9.90 Å². The Balaban J connectivity index is 2.27. The fraction of sp³-hybridized carbons (Fsp3) is 0.778. The summed E-state index contributed by atoms with van der Waals surface area (Å²) in [4.78, 5) is 14.7. The van der Waals surface area contributed by atoms with Gasteiger partial charge in [0.2, 0.25) is 5.91 Å². The van der Waals surface area contributed by atoms with Crippen LogP contribution in [0, 0.1) is 22.7 Å². The molecule has 128 valence electrons. The van der Waals surface area contributed by atoms with Crippen molar-refractivity contribution in [2.24, 2.45) is 17.1 Å². The molecule has 5 nitrogen and oxygen atoms in total. The highest BCUT2D eigenvalue weighted by atomic mass is 16.3. The zero-order valence-electron chi connectivity index (χ0n) is 14.3. The fourth-order valence-electron chi connectivity index (χ4n) is 4.61. The second-order valence-corrected chi connectivity index (χ2v) is 7.57. The highest BCUT2D eigenvalue weighted by Gasteiger charge is 2.47. The van der Waals surface area contributed by atoms with E-state index in [2.05, 4.69) is 19.6 Å². The number of aliphatic hydroxyl groups is 1. The monoisotopic (exact) mass is 319 g/mol. The molecular weight excluding hydrogens is 290 g/mol. The van der Waals surface area contributed by atoms with Crippen molar-refractivity contribution in [3.63, 3.8) is 0 Å². The number of aliphatic hydroxyl groups excluding tert-OH is 1. The number of allylic oxidation sites excluding steroid dienone is 1. The lowest BCUT2D eigenvalue weighted by Crippen LogP contribution is -2.57. The maximum atomic E-state index is 13.1. The van der Waals surface area contributed by atoms with Crippen molar-refractivity contribution in [3.05, 3.63) is 12.2 Å². The normalized spacial score (nSPS) is 35.9. The van der Waals surface area contributed by atoms with Crippen LogP contribution in [0.2, 0.25) is 0 Å². The molecule has 3 N–H and O–H groups in total. The minimum Gasteiger partial charge on any atom is -0.396 e. The van der Waals surface area contributed by atoms with Crippen LogP contribution in [-0.4, -0.2) is 40.6 Å². The number of nitrogens with two attached hydrogens (primary N) is 1. The summed E-state index contributed by atoms with van der Waals surface area (Å²) in [6, 6.07) is 1.21. The van der Waals surface area contributed by atoms with Crippen molar-refractivity contribution in [1.29, 1.82) is 5.26 Å². The molecule has 1 aliphatic heterocycles. The maximum absolute atomic E-state index is 13.1. The highest BCUT2D eigenvalue weighted by Crippen LogP contribution is 2.46. The Morgan fingerprint density at radius 1 is 1.57 bits per heavy atom. The van der Waals surface area contributed by atoms with Crippen LogP contribution in [0.1, 0.15) is 52.4 Å². The second-order valence-electron chi connectivity index (χ2n) is 7.57. The number of hydrogen-bond donors (Lipinski definition) is 2. The lowest BCUT2D eigenvalue weighted by atomic mass is 9.62. The standard InChI is InChI=1S/C18H29N3O2/c1-12-8-13(2)10-18(9-12,6-7-22)16(20)17(23)21-14(3)4-5-15(21)11-19/h13-16,22H,1,4-10,20H2,2-3H3. The number of rotatable bonds is 4. The molecule has 0 aromatic rings. The van der Waals surface area contributed by atoms with Crippen LogP contribution in [0.5, 0.6) is 0 Å². The zero-order chi connectivity index (χ0) is 17.2. The van der Waals surface area contributed by atoms with Gasteiger partial charge in [0.25, 0.3) is 0 Å². The van der Waals surface area contributed by atoms with Crippen LogP contribution in [0.4, 0.5) is 0 Å². The molecule has 5 heteroatoms. The Bertz CT molecular complexity index is 513. The summed E-state index contributed by atoms with van der Waals surface area (Å²) in [7, 11) is 0. The lowest BCUT2D eigenvalue weighted by molar-refractivity contribution is -0.138. The van der Waals surface area contributed by atoms with Gasteiger partial charge in [-0.15, -0.1) is 0 Å². The van der Waals surface area contributed by atoms with Crippen LogP contribution < -0.4 is 5.73 Å². The number of carbonyl (C=O) groups excluding carboxylic acids is 1. The number of carbonyl (C=O) groups is 1. The van der Waals surface area contributed by atoms with E-state index in [4.69, 9.17) is 5.73 Å². The highest BCUT2D eigenvalue weighted by molar-refractivity contribution is 5.84. The summed E-state index contributed by atoms with van der Waals surface area (Å²) in [5.41, 5.74) is 7.11. The summed E-state index contributed by atoms with van der Waals surface area (Å²) < 4.78 is 0. The quantitative estimate of drug-likeness (QED) is 0.775. The molecule has 2 fully saturated rings. The molecular formula is C18H29N3O2. The average molecular weight is 319 g/mol. The van der Waals surface area contributed by atoms with Crippen LogP contribution in [-0.2, 0) is 4.79 Å². The first-order chi connectivity index (χ1) is 10.8. The van der Waals surface area contributed by atoms with Crippen molar-refractivity contribution in [2.75, 3.05) is 6.61 Å². The van der Waals surface area contributed by atoms with E-state index in [1.165, 1.54) is 0 Å². The zero-order valence-corrected chi connectivity index (χ0v) is 14.3. The molecule has 2 aliphatic rings. The number of nitrogens with zero attached hydrogens (tertiary/aromatic N) is 2. The lowest BCUT2D eigenvalue weighted by Gasteiger charge is -2.45. The van der Waals surface area contributed by atoms with E-state index in [1.807, 2.05) is 6.92 Å². The first-order valence-electron chi connectivity index (χ1n) is 8.59. The van der Waals surface area contributed by atoms with Crippen molar-refractivity contribution >= 4 is 5.91 Å². The number of hydrogen-bond acceptors (Lipinski definition) is 4. The van der Waals surface area contributed by atoms with E-state index >= 15 is 0 Å². The summed E-state index contributed by atoms with van der Waals surface area (Å²) >= 11 is 0. The van der Waals surface area contributed by atoms with Gasteiger partial charge in [-0.1, -0.05) is 19.1 Å². The van der Waals surface area contributed by atoms with Crippen molar-refractivity contribution in [1.82, 2.24) is 4.90 Å². The summed E-state index contributed by atoms with van der Waals surface area (Å²) in [6.07, 6.45) is 4.51. The van der Waals surface area contributed by atoms with E-state index in [1.54, 1.807) is 4.90 Å². The first-order valence-corrected chi connectivity index (χ1v) is 8.59. The molecule has 0 spiro atoms. The van der Waals surface area contributed by atoms with E-state index in [9.17, 15) is 15.2 Å². The van der Waals surface area contributed by atoms with Gasteiger partial charge in [0.1, 0.15) is 6.04 Å². The Hall–Kier alpha value is -1.38. The predicted molar refractivity (Wildman–Crippen MR) is 89.2 cm³/mol. The molecule has 23 heavy (non-hydrogen) atoms. The summed E-state index contributed by atoms with van der Waals surface area (Å²) in [5.74, 6) is 0.265. The van der Waals surface area contributed by atoms with Gasteiger partial charge < -0.3 is 15.7 Å². The molecule has 1 heterocycles. The van der Waals surface area contributed by atoms with E-state index in [0.717, 1.165) is 24.8 Å². The van der Waals surface area contributed by atoms with Crippen LogP contribution in [0.15, 0.2) is 12.2 Å². The average Bonchev–Trinajstić information content (AvgIpc) is 2.85. The molecule has 1 aliphatic carbocycles. The third-order valence-electron chi connectivity index (χ3n) is 5.60. The van der Waals surface area contributed by atoms with Gasteiger partial charge in [-0.05, 0) is 51.4 Å². The van der Waals surface area contributed by atoms with E-state index in [0.29, 0.717) is 25.2 Å². The predicted octanol–water partition coefficient (Wildman–Crippen LogP) is 1.96. The molecule has 5 unspecified atom stereocenters. The molecule has 0 aromatic carbocycles. The van der Waals surface area contributed by atoms with Crippen molar-refractivity contribution in [2.45, 2.75) is 70.5 Å². The molecule has 2 rings (SSSR count). The van der Waals surface area contributed by atoms with Gasteiger partial charge in [0, 0.05) is 18.1 Å². The van der Waals surface area contributed by atoms with E-state index < -0.39 is 11.5 Å². The third kappa shape index (κ3) is 3.44. The maximum Gasteiger partial charge on any atom is 0.241 e. The van der Waals surface area contributed by atoms with Crippen LogP contribution in [0.25, 0.3) is 0 Å².